The summed E-state index contributed by atoms with van der Waals surface area (Å²) in [5.41, 5.74) is 0. The summed E-state index contributed by atoms with van der Waals surface area (Å²) in [6.45, 7) is 16.9. The Bertz CT molecular complexity index is 814. The number of rotatable bonds is 42. The van der Waals surface area contributed by atoms with E-state index in [0.29, 0.717) is 165 Å². The van der Waals surface area contributed by atoms with Crippen LogP contribution in [0.2, 0.25) is 0 Å². The van der Waals surface area contributed by atoms with Gasteiger partial charge in [0.15, 0.2) is 0 Å². The summed E-state index contributed by atoms with van der Waals surface area (Å²) in [6.07, 6.45) is 5.26. The Morgan fingerprint density at radius 3 is 1.08 bits per heavy atom. The van der Waals surface area contributed by atoms with Crippen LogP contribution < -0.4 is 0 Å². The molecule has 0 amide bonds. The number of esters is 1. The SMILES string of the molecule is C=CC(=O)OCCOCCOCCOCCOCCOCCN1C=CN(CCOCCOCCOC)C1COCCOCCOCCOCCOC. The fraction of sp³-hybridized carbons (Fsp3) is 0.857. The normalized spacial score (nSPS) is 14.2. The molecule has 1 atom stereocenters. The molecule has 0 bridgehead atoms. The molecule has 1 aliphatic heterocycles. The third-order valence-electron chi connectivity index (χ3n) is 6.95. The zero-order chi connectivity index (χ0) is 37.4. The van der Waals surface area contributed by atoms with Crippen molar-refractivity contribution < 1.29 is 71.1 Å². The summed E-state index contributed by atoms with van der Waals surface area (Å²) in [5, 5.41) is 0. The molecule has 0 aromatic carbocycles. The second-order valence-electron chi connectivity index (χ2n) is 10.8. The van der Waals surface area contributed by atoms with Gasteiger partial charge in [0.05, 0.1) is 159 Å². The molecule has 1 unspecified atom stereocenters. The van der Waals surface area contributed by atoms with Crippen LogP contribution in [-0.2, 0) is 71.1 Å². The number of carbonyl (C=O) groups excluding carboxylic acids is 1. The Hall–Kier alpha value is -1.97. The topological polar surface area (TPSA) is 153 Å². The minimum Gasteiger partial charge on any atom is -0.460 e. The largest absolute Gasteiger partial charge is 0.460 e. The molecular weight excluding hydrogens is 688 g/mol. The summed E-state index contributed by atoms with van der Waals surface area (Å²) >= 11 is 0. The van der Waals surface area contributed by atoms with E-state index in [2.05, 4.69) is 28.8 Å². The fourth-order valence-corrected chi connectivity index (χ4v) is 4.24. The van der Waals surface area contributed by atoms with Crippen LogP contribution in [-0.4, -0.2) is 214 Å². The highest BCUT2D eigenvalue weighted by atomic mass is 16.6. The maximum atomic E-state index is 10.9. The quantitative estimate of drug-likeness (QED) is 0.0486. The lowest BCUT2D eigenvalue weighted by molar-refractivity contribution is -0.139. The number of carbonyl (C=O) groups is 1. The third kappa shape index (κ3) is 30.5. The third-order valence-corrected chi connectivity index (χ3v) is 6.95. The van der Waals surface area contributed by atoms with Crippen LogP contribution in [0.4, 0.5) is 0 Å². The van der Waals surface area contributed by atoms with Gasteiger partial charge in [0.1, 0.15) is 12.8 Å². The molecule has 0 aromatic rings. The van der Waals surface area contributed by atoms with Gasteiger partial charge in [-0.1, -0.05) is 6.58 Å². The van der Waals surface area contributed by atoms with Crippen LogP contribution in [0.15, 0.2) is 25.1 Å². The molecule has 52 heavy (non-hydrogen) atoms. The Morgan fingerprint density at radius 2 is 0.750 bits per heavy atom. The summed E-state index contributed by atoms with van der Waals surface area (Å²) in [4.78, 5) is 15.3. The van der Waals surface area contributed by atoms with Gasteiger partial charge in [-0.2, -0.15) is 0 Å². The van der Waals surface area contributed by atoms with E-state index in [1.54, 1.807) is 14.2 Å². The number of methoxy groups -OCH3 is 2. The molecule has 17 heteroatoms. The number of hydrogen-bond donors (Lipinski definition) is 0. The first-order valence-electron chi connectivity index (χ1n) is 18.0. The molecule has 0 fully saturated rings. The van der Waals surface area contributed by atoms with Crippen LogP contribution >= 0.6 is 0 Å². The average Bonchev–Trinajstić information content (AvgIpc) is 3.54. The maximum absolute atomic E-state index is 10.9. The molecule has 1 rings (SSSR count). The molecule has 1 heterocycles. The minimum absolute atomic E-state index is 0.0189. The van der Waals surface area contributed by atoms with Crippen molar-refractivity contribution >= 4 is 5.97 Å². The molecule has 1 aliphatic rings. The van der Waals surface area contributed by atoms with Crippen molar-refractivity contribution in [1.82, 2.24) is 9.80 Å². The first-order chi connectivity index (χ1) is 25.7. The van der Waals surface area contributed by atoms with Crippen molar-refractivity contribution in [2.75, 3.05) is 192 Å². The molecule has 0 saturated heterocycles. The van der Waals surface area contributed by atoms with Gasteiger partial charge in [-0.15, -0.1) is 0 Å². The minimum atomic E-state index is -0.462. The van der Waals surface area contributed by atoms with Gasteiger partial charge in [0, 0.05) is 45.8 Å². The van der Waals surface area contributed by atoms with Crippen molar-refractivity contribution in [1.29, 1.82) is 0 Å². The number of nitrogens with zero attached hydrogens (tertiary/aromatic N) is 2. The molecule has 0 aromatic heterocycles. The zero-order valence-corrected chi connectivity index (χ0v) is 31.6. The van der Waals surface area contributed by atoms with Crippen molar-refractivity contribution in [3.05, 3.63) is 25.1 Å². The summed E-state index contributed by atoms with van der Waals surface area (Å²) in [5.74, 6) is -0.462. The van der Waals surface area contributed by atoms with Crippen LogP contribution in [0.25, 0.3) is 0 Å². The first kappa shape index (κ1) is 48.0. The Kier molecular flexibility index (Phi) is 35.8. The van der Waals surface area contributed by atoms with Crippen LogP contribution in [0.3, 0.4) is 0 Å². The van der Waals surface area contributed by atoms with Gasteiger partial charge in [0.2, 0.25) is 0 Å². The molecular formula is C35H66N2O15. The second kappa shape index (κ2) is 38.7. The van der Waals surface area contributed by atoms with Gasteiger partial charge in [-0.3, -0.25) is 0 Å². The summed E-state index contributed by atoms with van der Waals surface area (Å²) in [6, 6.07) is 0. The molecule has 17 nitrogen and oxygen atoms in total. The smallest absolute Gasteiger partial charge is 0.330 e. The van der Waals surface area contributed by atoms with Crippen LogP contribution in [0, 0.1) is 0 Å². The van der Waals surface area contributed by atoms with Gasteiger partial charge >= 0.3 is 5.97 Å². The fourth-order valence-electron chi connectivity index (χ4n) is 4.24. The molecule has 0 N–H and O–H groups in total. The van der Waals surface area contributed by atoms with Gasteiger partial charge in [0.25, 0.3) is 0 Å². The Labute approximate surface area is 310 Å². The van der Waals surface area contributed by atoms with E-state index >= 15 is 0 Å². The lowest BCUT2D eigenvalue weighted by Crippen LogP contribution is -2.44. The molecule has 306 valence electrons. The van der Waals surface area contributed by atoms with E-state index < -0.39 is 5.97 Å². The van der Waals surface area contributed by atoms with Crippen molar-refractivity contribution in [2.45, 2.75) is 6.17 Å². The predicted octanol–water partition coefficient (Wildman–Crippen LogP) is 0.606. The van der Waals surface area contributed by atoms with Crippen molar-refractivity contribution in [3.8, 4) is 0 Å². The summed E-state index contributed by atoms with van der Waals surface area (Å²) < 4.78 is 76.2. The Balaban J connectivity index is 2.13. The zero-order valence-electron chi connectivity index (χ0n) is 31.6. The highest BCUT2D eigenvalue weighted by molar-refractivity contribution is 5.81. The van der Waals surface area contributed by atoms with E-state index in [1.165, 1.54) is 0 Å². The van der Waals surface area contributed by atoms with Crippen molar-refractivity contribution in [2.24, 2.45) is 0 Å². The summed E-state index contributed by atoms with van der Waals surface area (Å²) in [7, 11) is 3.30. The highest BCUT2D eigenvalue weighted by Crippen LogP contribution is 2.16. The molecule has 0 radical (unpaired) electrons. The van der Waals surface area contributed by atoms with E-state index in [9.17, 15) is 4.79 Å². The van der Waals surface area contributed by atoms with Gasteiger partial charge in [-0.05, 0) is 0 Å². The van der Waals surface area contributed by atoms with E-state index in [0.717, 1.165) is 12.6 Å². The number of hydrogen-bond acceptors (Lipinski definition) is 17. The van der Waals surface area contributed by atoms with E-state index in [-0.39, 0.29) is 12.8 Å². The number of ether oxygens (including phenoxy) is 14. The standard InChI is InChI=1S/C35H66N2O15/c1-4-35(38)52-32-31-50-28-27-48-24-23-47-22-21-45-18-16-42-10-8-37-6-5-36(7-9-41-15-17-43-13-11-39-2)34(37)33-51-30-29-49-26-25-46-20-19-44-14-12-40-3/h4-6,34H,1,7-33H2,2-3H3. The lowest BCUT2D eigenvalue weighted by Gasteiger charge is -2.32. The van der Waals surface area contributed by atoms with E-state index in [1.807, 2.05) is 0 Å². The second-order valence-corrected chi connectivity index (χ2v) is 10.8. The van der Waals surface area contributed by atoms with Crippen LogP contribution in [0.1, 0.15) is 0 Å². The average molecular weight is 755 g/mol. The van der Waals surface area contributed by atoms with Gasteiger partial charge < -0.3 is 76.1 Å². The molecule has 0 aliphatic carbocycles. The predicted molar refractivity (Wildman–Crippen MR) is 190 cm³/mol. The Morgan fingerprint density at radius 1 is 0.462 bits per heavy atom. The van der Waals surface area contributed by atoms with E-state index in [4.69, 9.17) is 66.3 Å². The van der Waals surface area contributed by atoms with Gasteiger partial charge in [-0.25, -0.2) is 4.79 Å². The molecule has 0 saturated carbocycles. The highest BCUT2D eigenvalue weighted by Gasteiger charge is 2.26. The maximum Gasteiger partial charge on any atom is 0.330 e. The lowest BCUT2D eigenvalue weighted by atomic mass is 10.4. The first-order valence-corrected chi connectivity index (χ1v) is 18.0. The molecule has 0 spiro atoms. The monoisotopic (exact) mass is 754 g/mol. The van der Waals surface area contributed by atoms with Crippen LogP contribution in [0.5, 0.6) is 0 Å². The van der Waals surface area contributed by atoms with Crippen molar-refractivity contribution in [3.63, 3.8) is 0 Å².